The lowest BCUT2D eigenvalue weighted by molar-refractivity contribution is -0.119. The van der Waals surface area contributed by atoms with Crippen molar-refractivity contribution in [3.05, 3.63) is 58.2 Å². The largest absolute Gasteiger partial charge is 0.271 e. The minimum Gasteiger partial charge on any atom is -0.271 e. The number of hydrogen-bond acceptors (Lipinski definition) is 4. The average Bonchev–Trinajstić information content (AvgIpc) is 2.72. The average molecular weight is 539 g/mol. The first-order valence-electron chi connectivity index (χ1n) is 10.1. The Balaban J connectivity index is 1.80. The minimum atomic E-state index is -3.89. The zero-order valence-electron chi connectivity index (χ0n) is 16.8. The van der Waals surface area contributed by atoms with Gasteiger partial charge in [0.2, 0.25) is 0 Å². The zero-order valence-corrected chi connectivity index (χ0v) is 19.7. The number of nitrogens with one attached hydrogen (secondary N) is 1. The van der Waals surface area contributed by atoms with Crippen LogP contribution in [0.3, 0.4) is 0 Å². The molecule has 0 unspecified atom stereocenters. The second kappa shape index (κ2) is 10.9. The molecule has 6 nitrogen and oxygen atoms in total. The summed E-state index contributed by atoms with van der Waals surface area (Å²) < 4.78 is 28.6. The van der Waals surface area contributed by atoms with Crippen molar-refractivity contribution < 1.29 is 13.2 Å². The molecule has 30 heavy (non-hydrogen) atoms. The van der Waals surface area contributed by atoms with E-state index in [0.29, 0.717) is 5.69 Å². The monoisotopic (exact) mass is 539 g/mol. The molecule has 0 heterocycles. The molecule has 1 amide bonds. The van der Waals surface area contributed by atoms with Crippen LogP contribution in [0.5, 0.6) is 0 Å². The first-order chi connectivity index (χ1) is 14.5. The van der Waals surface area contributed by atoms with Crippen LogP contribution in [0, 0.1) is 3.57 Å². The van der Waals surface area contributed by atoms with Crippen LogP contribution in [0.1, 0.15) is 44.9 Å². The lowest BCUT2D eigenvalue weighted by atomic mass is 9.99. The van der Waals surface area contributed by atoms with Gasteiger partial charge in [-0.1, -0.05) is 37.5 Å². The molecule has 0 aliphatic heterocycles. The number of carbonyl (C=O) groups excluding carboxylic acids is 1. The van der Waals surface area contributed by atoms with Crippen molar-refractivity contribution in [2.75, 3.05) is 10.8 Å². The Morgan fingerprint density at radius 3 is 2.17 bits per heavy atom. The maximum absolute atomic E-state index is 13.3. The van der Waals surface area contributed by atoms with Crippen LogP contribution in [0.25, 0.3) is 0 Å². The SMILES string of the molecule is O=C(CN(c1ccc(I)cc1)S(=O)(=O)c1ccccc1)NN=C1CCCCCCC1. The van der Waals surface area contributed by atoms with Crippen molar-refractivity contribution in [2.24, 2.45) is 5.10 Å². The third-order valence-electron chi connectivity index (χ3n) is 5.00. The van der Waals surface area contributed by atoms with E-state index in [1.807, 2.05) is 12.1 Å². The maximum atomic E-state index is 13.3. The maximum Gasteiger partial charge on any atom is 0.264 e. The number of sulfonamides is 1. The fourth-order valence-electron chi connectivity index (χ4n) is 3.37. The van der Waals surface area contributed by atoms with Crippen LogP contribution in [0.15, 0.2) is 64.6 Å². The minimum absolute atomic E-state index is 0.141. The van der Waals surface area contributed by atoms with Crippen molar-refractivity contribution in [3.63, 3.8) is 0 Å². The number of hydrogen-bond donors (Lipinski definition) is 1. The fraction of sp³-hybridized carbons (Fsp3) is 0.364. The van der Waals surface area contributed by atoms with Crippen molar-refractivity contribution in [3.8, 4) is 0 Å². The molecule has 0 radical (unpaired) electrons. The van der Waals surface area contributed by atoms with Crippen LogP contribution in [-0.2, 0) is 14.8 Å². The van der Waals surface area contributed by atoms with Gasteiger partial charge in [0, 0.05) is 9.28 Å². The summed E-state index contributed by atoms with van der Waals surface area (Å²) in [6, 6.07) is 15.2. The summed E-state index contributed by atoms with van der Waals surface area (Å²) in [6.07, 6.45) is 7.53. The van der Waals surface area contributed by atoms with E-state index in [9.17, 15) is 13.2 Å². The van der Waals surface area contributed by atoms with E-state index < -0.39 is 15.9 Å². The Hall–Kier alpha value is -1.94. The van der Waals surface area contributed by atoms with E-state index in [-0.39, 0.29) is 11.4 Å². The third-order valence-corrected chi connectivity index (χ3v) is 7.51. The van der Waals surface area contributed by atoms with Gasteiger partial charge in [0.1, 0.15) is 6.54 Å². The first kappa shape index (κ1) is 22.7. The third kappa shape index (κ3) is 6.28. The molecule has 0 atom stereocenters. The molecule has 0 saturated heterocycles. The van der Waals surface area contributed by atoms with Gasteiger partial charge in [-0.05, 0) is 84.7 Å². The highest BCUT2D eigenvalue weighted by Crippen LogP contribution is 2.24. The van der Waals surface area contributed by atoms with Gasteiger partial charge >= 0.3 is 0 Å². The highest BCUT2D eigenvalue weighted by molar-refractivity contribution is 14.1. The number of nitrogens with zero attached hydrogens (tertiary/aromatic N) is 2. The second-order valence-corrected chi connectivity index (χ2v) is 10.4. The lowest BCUT2D eigenvalue weighted by Gasteiger charge is -2.24. The Morgan fingerprint density at radius 1 is 0.933 bits per heavy atom. The molecule has 0 spiro atoms. The summed E-state index contributed by atoms with van der Waals surface area (Å²) in [5.74, 6) is -0.456. The predicted octanol–water partition coefficient (Wildman–Crippen LogP) is 4.70. The molecule has 8 heteroatoms. The molecular formula is C22H26IN3O3S. The van der Waals surface area contributed by atoms with Gasteiger partial charge < -0.3 is 0 Å². The Labute approximate surface area is 191 Å². The van der Waals surface area contributed by atoms with Gasteiger partial charge in [-0.2, -0.15) is 5.10 Å². The number of anilines is 1. The molecule has 0 aromatic heterocycles. The molecule has 2 aromatic carbocycles. The van der Waals surface area contributed by atoms with E-state index in [2.05, 4.69) is 33.1 Å². The summed E-state index contributed by atoms with van der Waals surface area (Å²) in [5.41, 5.74) is 4.00. The van der Waals surface area contributed by atoms with Crippen molar-refractivity contribution in [1.29, 1.82) is 0 Å². The standard InChI is InChI=1S/C22H26IN3O3S/c23-18-13-15-20(16-14-18)26(30(28,29)21-11-7-4-8-12-21)17-22(27)25-24-19-9-5-2-1-3-6-10-19/h4,7-8,11-16H,1-3,5-6,9-10,17H2,(H,25,27). The quantitative estimate of drug-likeness (QED) is 0.427. The zero-order chi connectivity index (χ0) is 21.4. The van der Waals surface area contributed by atoms with E-state index in [1.165, 1.54) is 31.4 Å². The predicted molar refractivity (Wildman–Crippen MR) is 128 cm³/mol. The molecule has 3 rings (SSSR count). The van der Waals surface area contributed by atoms with Gasteiger partial charge in [-0.3, -0.25) is 9.10 Å². The molecule has 1 aliphatic carbocycles. The van der Waals surface area contributed by atoms with Crippen LogP contribution >= 0.6 is 22.6 Å². The van der Waals surface area contributed by atoms with E-state index in [4.69, 9.17) is 0 Å². The van der Waals surface area contributed by atoms with E-state index in [0.717, 1.165) is 39.3 Å². The number of amides is 1. The summed E-state index contributed by atoms with van der Waals surface area (Å²) in [7, 11) is -3.89. The first-order valence-corrected chi connectivity index (χ1v) is 12.7. The van der Waals surface area contributed by atoms with Crippen molar-refractivity contribution >= 4 is 49.9 Å². The lowest BCUT2D eigenvalue weighted by Crippen LogP contribution is -2.39. The van der Waals surface area contributed by atoms with Gasteiger partial charge in [0.05, 0.1) is 10.6 Å². The van der Waals surface area contributed by atoms with Gasteiger partial charge in [-0.25, -0.2) is 13.8 Å². The number of hydrazone groups is 1. The normalized spacial score (nSPS) is 15.0. The van der Waals surface area contributed by atoms with Crippen LogP contribution in [-0.4, -0.2) is 26.6 Å². The second-order valence-electron chi connectivity index (χ2n) is 7.28. The molecule has 1 saturated carbocycles. The summed E-state index contributed by atoms with van der Waals surface area (Å²) in [5, 5.41) is 4.29. The molecule has 0 bridgehead atoms. The van der Waals surface area contributed by atoms with E-state index >= 15 is 0 Å². The summed E-state index contributed by atoms with van der Waals surface area (Å²) in [4.78, 5) is 12.8. The molecule has 160 valence electrons. The topological polar surface area (TPSA) is 78.8 Å². The summed E-state index contributed by atoms with van der Waals surface area (Å²) in [6.45, 7) is -0.339. The molecule has 2 aromatic rings. The summed E-state index contributed by atoms with van der Waals surface area (Å²) >= 11 is 2.16. The van der Waals surface area contributed by atoms with Gasteiger partial charge in [0.15, 0.2) is 0 Å². The Bertz CT molecular complexity index is 966. The highest BCUT2D eigenvalue weighted by Gasteiger charge is 2.27. The highest BCUT2D eigenvalue weighted by atomic mass is 127. The van der Waals surface area contributed by atoms with Crippen LogP contribution in [0.2, 0.25) is 0 Å². The van der Waals surface area contributed by atoms with Crippen molar-refractivity contribution in [1.82, 2.24) is 5.43 Å². The van der Waals surface area contributed by atoms with E-state index in [1.54, 1.807) is 30.3 Å². The van der Waals surface area contributed by atoms with Crippen LogP contribution < -0.4 is 9.73 Å². The molecule has 1 N–H and O–H groups in total. The number of halogens is 1. The molecule has 1 aliphatic rings. The number of rotatable bonds is 6. The van der Waals surface area contributed by atoms with Gasteiger partial charge in [0.25, 0.3) is 15.9 Å². The van der Waals surface area contributed by atoms with Crippen LogP contribution in [0.4, 0.5) is 5.69 Å². The van der Waals surface area contributed by atoms with Crippen molar-refractivity contribution in [2.45, 2.75) is 49.8 Å². The number of carbonyl (C=O) groups is 1. The molecular weight excluding hydrogens is 513 g/mol. The van der Waals surface area contributed by atoms with Gasteiger partial charge in [-0.15, -0.1) is 0 Å². The molecule has 1 fully saturated rings. The Kier molecular flexibility index (Phi) is 8.26. The smallest absolute Gasteiger partial charge is 0.264 e. The number of benzene rings is 2. The fourth-order valence-corrected chi connectivity index (χ4v) is 5.18. The Morgan fingerprint density at radius 2 is 1.53 bits per heavy atom.